The van der Waals surface area contributed by atoms with E-state index in [1.54, 1.807) is 29.4 Å². The molecule has 2 heterocycles. The van der Waals surface area contributed by atoms with Crippen molar-refractivity contribution in [1.82, 2.24) is 14.5 Å². The molecule has 6 heteroatoms. The maximum atomic E-state index is 12.1. The predicted molar refractivity (Wildman–Crippen MR) is 94.1 cm³/mol. The summed E-state index contributed by atoms with van der Waals surface area (Å²) in [6, 6.07) is 15.5. The Kier molecular flexibility index (Phi) is 4.00. The molecule has 4 aromatic rings. The summed E-state index contributed by atoms with van der Waals surface area (Å²) in [6.45, 7) is 0.216. The number of carbonyl (C=O) groups excluding carboxylic acids is 1. The van der Waals surface area contributed by atoms with Crippen molar-refractivity contribution in [2.45, 2.75) is 13.0 Å². The molecule has 0 aliphatic heterocycles. The summed E-state index contributed by atoms with van der Waals surface area (Å²) in [5.41, 5.74) is 3.26. The van der Waals surface area contributed by atoms with Crippen molar-refractivity contribution >= 4 is 22.7 Å². The molecule has 0 aliphatic rings. The maximum absolute atomic E-state index is 12.1. The van der Waals surface area contributed by atoms with Gasteiger partial charge in [-0.2, -0.15) is 0 Å². The van der Waals surface area contributed by atoms with E-state index in [1.807, 2.05) is 42.5 Å². The van der Waals surface area contributed by atoms with Crippen LogP contribution in [0, 0.1) is 0 Å². The highest BCUT2D eigenvalue weighted by Crippen LogP contribution is 2.21. The molecule has 1 N–H and O–H groups in total. The first-order valence-electron chi connectivity index (χ1n) is 7.95. The van der Waals surface area contributed by atoms with Gasteiger partial charge >= 0.3 is 0 Å². The van der Waals surface area contributed by atoms with Crippen LogP contribution in [0.4, 0.5) is 5.69 Å². The van der Waals surface area contributed by atoms with Crippen LogP contribution in [-0.4, -0.2) is 20.4 Å². The van der Waals surface area contributed by atoms with Gasteiger partial charge in [0.15, 0.2) is 11.5 Å². The zero-order chi connectivity index (χ0) is 17.1. The molecule has 0 radical (unpaired) electrons. The van der Waals surface area contributed by atoms with Gasteiger partial charge in [0.05, 0.1) is 6.33 Å². The minimum atomic E-state index is -0.124. The van der Waals surface area contributed by atoms with Gasteiger partial charge < -0.3 is 14.3 Å². The lowest BCUT2D eigenvalue weighted by atomic mass is 10.1. The Labute approximate surface area is 144 Å². The highest BCUT2D eigenvalue weighted by molar-refractivity contribution is 5.92. The summed E-state index contributed by atoms with van der Waals surface area (Å²) in [7, 11) is 0. The summed E-state index contributed by atoms with van der Waals surface area (Å²) >= 11 is 0. The topological polar surface area (TPSA) is 73.0 Å². The van der Waals surface area contributed by atoms with E-state index < -0.39 is 0 Å². The number of amides is 1. The quantitative estimate of drug-likeness (QED) is 0.609. The van der Waals surface area contributed by atoms with Gasteiger partial charge in [0.2, 0.25) is 5.91 Å². The number of imidazole rings is 1. The van der Waals surface area contributed by atoms with E-state index in [9.17, 15) is 4.79 Å². The Balaban J connectivity index is 1.49. The number of anilines is 1. The van der Waals surface area contributed by atoms with E-state index in [-0.39, 0.29) is 12.5 Å². The highest BCUT2D eigenvalue weighted by Gasteiger charge is 2.09. The van der Waals surface area contributed by atoms with Gasteiger partial charge in [0.25, 0.3) is 0 Å². The first kappa shape index (κ1) is 15.1. The van der Waals surface area contributed by atoms with E-state index in [4.69, 9.17) is 4.42 Å². The number of nitrogens with one attached hydrogen (secondary N) is 1. The summed E-state index contributed by atoms with van der Waals surface area (Å²) in [6.07, 6.45) is 5.63. The van der Waals surface area contributed by atoms with Gasteiger partial charge in [0.1, 0.15) is 12.1 Å². The van der Waals surface area contributed by atoms with Crippen molar-refractivity contribution in [3.05, 3.63) is 78.7 Å². The zero-order valence-electron chi connectivity index (χ0n) is 13.4. The molecule has 4 rings (SSSR count). The molecule has 0 atom stereocenters. The van der Waals surface area contributed by atoms with Gasteiger partial charge in [-0.1, -0.05) is 30.3 Å². The van der Waals surface area contributed by atoms with Crippen LogP contribution in [-0.2, 0) is 17.8 Å². The number of carbonyl (C=O) groups is 1. The number of benzene rings is 2. The predicted octanol–water partition coefficient (Wildman–Crippen LogP) is 3.25. The Morgan fingerprint density at radius 2 is 2.04 bits per heavy atom. The van der Waals surface area contributed by atoms with Crippen molar-refractivity contribution in [1.29, 1.82) is 0 Å². The van der Waals surface area contributed by atoms with Gasteiger partial charge in [0, 0.05) is 30.6 Å². The number of oxazole rings is 1. The van der Waals surface area contributed by atoms with Crippen LogP contribution >= 0.6 is 0 Å². The van der Waals surface area contributed by atoms with E-state index in [0.29, 0.717) is 23.6 Å². The van der Waals surface area contributed by atoms with Crippen LogP contribution in [0.1, 0.15) is 11.5 Å². The second kappa shape index (κ2) is 6.60. The summed E-state index contributed by atoms with van der Waals surface area (Å²) in [5.74, 6) is 0.532. The number of hydrogen-bond acceptors (Lipinski definition) is 4. The third-order valence-corrected chi connectivity index (χ3v) is 3.80. The van der Waals surface area contributed by atoms with Crippen LogP contribution in [0.15, 0.2) is 71.7 Å². The third-order valence-electron chi connectivity index (χ3n) is 3.80. The molecule has 0 unspecified atom stereocenters. The monoisotopic (exact) mass is 332 g/mol. The van der Waals surface area contributed by atoms with Crippen molar-refractivity contribution < 1.29 is 9.21 Å². The van der Waals surface area contributed by atoms with Crippen LogP contribution in [0.2, 0.25) is 0 Å². The molecule has 6 nitrogen and oxygen atoms in total. The Morgan fingerprint density at radius 1 is 1.16 bits per heavy atom. The first-order chi connectivity index (χ1) is 12.3. The molecule has 0 saturated carbocycles. The van der Waals surface area contributed by atoms with Gasteiger partial charge in [-0.3, -0.25) is 4.79 Å². The number of rotatable bonds is 5. The molecule has 2 aromatic heterocycles. The molecule has 1 amide bonds. The largest absolute Gasteiger partial charge is 0.440 e. The lowest BCUT2D eigenvalue weighted by molar-refractivity contribution is -0.116. The fourth-order valence-electron chi connectivity index (χ4n) is 2.64. The van der Waals surface area contributed by atoms with E-state index in [1.165, 1.54) is 0 Å². The second-order valence-electron chi connectivity index (χ2n) is 5.74. The molecule has 0 bridgehead atoms. The van der Waals surface area contributed by atoms with Crippen LogP contribution in [0.5, 0.6) is 0 Å². The third kappa shape index (κ3) is 3.58. The van der Waals surface area contributed by atoms with Gasteiger partial charge in [-0.15, -0.1) is 0 Å². The van der Waals surface area contributed by atoms with Crippen LogP contribution in [0.3, 0.4) is 0 Å². The standard InChI is InChI=1S/C19H16N4O2/c24-18(12-23-9-8-20-13-23)21-15-6-7-16-17(11-15)25-19(22-16)10-14-4-2-1-3-5-14/h1-9,11,13H,10,12H2,(H,21,24). The molecule has 25 heavy (non-hydrogen) atoms. The smallest absolute Gasteiger partial charge is 0.244 e. The highest BCUT2D eigenvalue weighted by atomic mass is 16.3. The van der Waals surface area contributed by atoms with Crippen LogP contribution < -0.4 is 5.32 Å². The zero-order valence-corrected chi connectivity index (χ0v) is 13.4. The van der Waals surface area contributed by atoms with Gasteiger partial charge in [-0.05, 0) is 17.7 Å². The fraction of sp³-hybridized carbons (Fsp3) is 0.105. The first-order valence-corrected chi connectivity index (χ1v) is 7.95. The van der Waals surface area contributed by atoms with E-state index >= 15 is 0 Å². The maximum Gasteiger partial charge on any atom is 0.244 e. The minimum Gasteiger partial charge on any atom is -0.440 e. The molecule has 0 aliphatic carbocycles. The number of aromatic nitrogens is 3. The molecular weight excluding hydrogens is 316 g/mol. The Bertz CT molecular complexity index is 991. The Hall–Kier alpha value is -3.41. The SMILES string of the molecule is O=C(Cn1ccnc1)Nc1ccc2nc(Cc3ccccc3)oc2c1. The molecular formula is C19H16N4O2. The number of hydrogen-bond donors (Lipinski definition) is 1. The molecule has 124 valence electrons. The summed E-state index contributed by atoms with van der Waals surface area (Å²) in [4.78, 5) is 20.5. The average Bonchev–Trinajstić information content (AvgIpc) is 3.24. The van der Waals surface area contributed by atoms with Crippen molar-refractivity contribution in [3.63, 3.8) is 0 Å². The van der Waals surface area contributed by atoms with Crippen molar-refractivity contribution in [3.8, 4) is 0 Å². The minimum absolute atomic E-state index is 0.124. The second-order valence-corrected chi connectivity index (χ2v) is 5.74. The normalized spacial score (nSPS) is 10.9. The van der Waals surface area contributed by atoms with Crippen molar-refractivity contribution in [2.24, 2.45) is 0 Å². The fourth-order valence-corrected chi connectivity index (χ4v) is 2.64. The number of nitrogens with zero attached hydrogens (tertiary/aromatic N) is 3. The van der Waals surface area contributed by atoms with Gasteiger partial charge in [-0.25, -0.2) is 9.97 Å². The van der Waals surface area contributed by atoms with E-state index in [0.717, 1.165) is 11.1 Å². The number of fused-ring (bicyclic) bond motifs is 1. The van der Waals surface area contributed by atoms with Crippen molar-refractivity contribution in [2.75, 3.05) is 5.32 Å². The molecule has 0 spiro atoms. The summed E-state index contributed by atoms with van der Waals surface area (Å²) < 4.78 is 7.53. The lowest BCUT2D eigenvalue weighted by Gasteiger charge is -2.05. The molecule has 2 aromatic carbocycles. The Morgan fingerprint density at radius 3 is 2.84 bits per heavy atom. The molecule has 0 fully saturated rings. The summed E-state index contributed by atoms with van der Waals surface area (Å²) in [5, 5.41) is 2.86. The molecule has 0 saturated heterocycles. The lowest BCUT2D eigenvalue weighted by Crippen LogP contribution is -2.17. The van der Waals surface area contributed by atoms with E-state index in [2.05, 4.69) is 15.3 Å². The van der Waals surface area contributed by atoms with Crippen LogP contribution in [0.25, 0.3) is 11.1 Å². The average molecular weight is 332 g/mol.